The lowest BCUT2D eigenvalue weighted by Crippen LogP contribution is -1.98. The molecule has 2 aromatic rings. The zero-order valence-electron chi connectivity index (χ0n) is 11.1. The van der Waals surface area contributed by atoms with E-state index in [4.69, 9.17) is 5.11 Å². The van der Waals surface area contributed by atoms with Crippen LogP contribution in [0.2, 0.25) is 0 Å². The molecule has 0 bridgehead atoms. The highest BCUT2D eigenvalue weighted by molar-refractivity contribution is 7.97. The second-order valence-electron chi connectivity index (χ2n) is 4.59. The molecule has 104 valence electrons. The fourth-order valence-electron chi connectivity index (χ4n) is 1.88. The summed E-state index contributed by atoms with van der Waals surface area (Å²) in [6, 6.07) is 12.3. The van der Waals surface area contributed by atoms with Gasteiger partial charge >= 0.3 is 5.97 Å². The van der Waals surface area contributed by atoms with Crippen LogP contribution < -0.4 is 0 Å². The van der Waals surface area contributed by atoms with Crippen molar-refractivity contribution in [2.45, 2.75) is 18.4 Å². The molecule has 0 amide bonds. The van der Waals surface area contributed by atoms with Gasteiger partial charge in [-0.25, -0.2) is 9.18 Å². The molecule has 20 heavy (non-hydrogen) atoms. The van der Waals surface area contributed by atoms with Crippen LogP contribution in [0.3, 0.4) is 0 Å². The number of carbonyl (C=O) groups is 1. The maximum Gasteiger partial charge on any atom is 0.335 e. The molecule has 0 saturated heterocycles. The Morgan fingerprint density at radius 1 is 1.20 bits per heavy atom. The zero-order valence-corrected chi connectivity index (χ0v) is 11.9. The minimum atomic E-state index is -1.11. The van der Waals surface area contributed by atoms with Gasteiger partial charge in [0, 0.05) is 11.5 Å². The predicted molar refractivity (Wildman–Crippen MR) is 79.5 cm³/mol. The summed E-state index contributed by atoms with van der Waals surface area (Å²) in [5, 5.41) is 8.78. The van der Waals surface area contributed by atoms with Crippen LogP contribution >= 0.6 is 11.8 Å². The van der Waals surface area contributed by atoms with E-state index in [1.165, 1.54) is 17.2 Å². The van der Waals surface area contributed by atoms with Crippen LogP contribution in [0.15, 0.2) is 42.5 Å². The number of halogens is 1. The highest BCUT2D eigenvalue weighted by Crippen LogP contribution is 2.21. The Hall–Kier alpha value is -1.81. The van der Waals surface area contributed by atoms with Gasteiger partial charge in [0.05, 0.1) is 5.56 Å². The Labute approximate surface area is 121 Å². The molecule has 0 aromatic heterocycles. The lowest BCUT2D eigenvalue weighted by molar-refractivity contribution is 0.0696. The van der Waals surface area contributed by atoms with E-state index in [2.05, 4.69) is 6.07 Å². The molecule has 2 rings (SSSR count). The van der Waals surface area contributed by atoms with Crippen molar-refractivity contribution in [1.82, 2.24) is 0 Å². The molecule has 0 heterocycles. The molecule has 2 nitrogen and oxygen atoms in total. The summed E-state index contributed by atoms with van der Waals surface area (Å²) in [6.45, 7) is 2.04. The SMILES string of the molecule is Cc1cccc(CSCc2ccc(C(=O)O)cc2F)c1. The summed E-state index contributed by atoms with van der Waals surface area (Å²) in [5.41, 5.74) is 2.93. The number of aromatic carboxylic acids is 1. The van der Waals surface area contributed by atoms with Crippen molar-refractivity contribution in [3.8, 4) is 0 Å². The maximum absolute atomic E-state index is 13.7. The molecule has 0 unspecified atom stereocenters. The van der Waals surface area contributed by atoms with Gasteiger partial charge in [0.2, 0.25) is 0 Å². The Morgan fingerprint density at radius 2 is 2.00 bits per heavy atom. The van der Waals surface area contributed by atoms with Gasteiger partial charge in [0.25, 0.3) is 0 Å². The molecule has 0 radical (unpaired) electrons. The Morgan fingerprint density at radius 3 is 2.65 bits per heavy atom. The number of aryl methyl sites for hydroxylation is 1. The van der Waals surface area contributed by atoms with Gasteiger partial charge in [-0.15, -0.1) is 0 Å². The van der Waals surface area contributed by atoms with Gasteiger partial charge in [0.15, 0.2) is 0 Å². The molecule has 1 N–H and O–H groups in total. The van der Waals surface area contributed by atoms with Gasteiger partial charge in [-0.2, -0.15) is 11.8 Å². The van der Waals surface area contributed by atoms with Crippen LogP contribution in [0.1, 0.15) is 27.0 Å². The van der Waals surface area contributed by atoms with Gasteiger partial charge in [-0.1, -0.05) is 35.9 Å². The first-order valence-electron chi connectivity index (χ1n) is 6.21. The minimum Gasteiger partial charge on any atom is -0.478 e. The number of carboxylic acid groups (broad SMARTS) is 1. The van der Waals surface area contributed by atoms with E-state index in [-0.39, 0.29) is 5.56 Å². The Balaban J connectivity index is 1.96. The Bertz CT molecular complexity index is 626. The van der Waals surface area contributed by atoms with Gasteiger partial charge in [-0.3, -0.25) is 0 Å². The highest BCUT2D eigenvalue weighted by atomic mass is 32.2. The first-order chi connectivity index (χ1) is 9.56. The third-order valence-electron chi connectivity index (χ3n) is 2.91. The summed E-state index contributed by atoms with van der Waals surface area (Å²) in [7, 11) is 0. The van der Waals surface area contributed by atoms with Crippen LogP contribution in [0.5, 0.6) is 0 Å². The van der Waals surface area contributed by atoms with Crippen molar-refractivity contribution in [1.29, 1.82) is 0 Å². The first-order valence-corrected chi connectivity index (χ1v) is 7.37. The number of carboxylic acids is 1. The molecule has 0 saturated carbocycles. The van der Waals surface area contributed by atoms with Crippen LogP contribution in [0.4, 0.5) is 4.39 Å². The van der Waals surface area contributed by atoms with E-state index in [0.29, 0.717) is 11.3 Å². The molecule has 0 aliphatic heterocycles. The van der Waals surface area contributed by atoms with Crippen molar-refractivity contribution in [2.75, 3.05) is 0 Å². The standard InChI is InChI=1S/C16H15FO2S/c1-11-3-2-4-12(7-11)9-20-10-14-6-5-13(16(18)19)8-15(14)17/h2-8H,9-10H2,1H3,(H,18,19). The lowest BCUT2D eigenvalue weighted by Gasteiger charge is -2.05. The second-order valence-corrected chi connectivity index (χ2v) is 5.58. The highest BCUT2D eigenvalue weighted by Gasteiger charge is 2.08. The number of hydrogen-bond acceptors (Lipinski definition) is 2. The molecule has 0 atom stereocenters. The fraction of sp³-hybridized carbons (Fsp3) is 0.188. The van der Waals surface area contributed by atoms with Crippen molar-refractivity contribution in [2.24, 2.45) is 0 Å². The van der Waals surface area contributed by atoms with Crippen molar-refractivity contribution in [3.63, 3.8) is 0 Å². The summed E-state index contributed by atoms with van der Waals surface area (Å²) >= 11 is 1.61. The molecular formula is C16H15FO2S. The number of benzene rings is 2. The van der Waals surface area contributed by atoms with Crippen molar-refractivity contribution in [3.05, 3.63) is 70.5 Å². The predicted octanol–water partition coefficient (Wildman–Crippen LogP) is 4.27. The van der Waals surface area contributed by atoms with Gasteiger partial charge in [0.1, 0.15) is 5.82 Å². The molecule has 0 aliphatic rings. The molecule has 2 aromatic carbocycles. The number of rotatable bonds is 5. The summed E-state index contributed by atoms with van der Waals surface area (Å²) in [4.78, 5) is 10.7. The van der Waals surface area contributed by atoms with Crippen LogP contribution in [0, 0.1) is 12.7 Å². The largest absolute Gasteiger partial charge is 0.478 e. The fourth-order valence-corrected chi connectivity index (χ4v) is 2.85. The molecule has 0 fully saturated rings. The number of hydrogen-bond donors (Lipinski definition) is 1. The summed E-state index contributed by atoms with van der Waals surface area (Å²) < 4.78 is 13.7. The normalized spacial score (nSPS) is 10.5. The lowest BCUT2D eigenvalue weighted by atomic mass is 10.1. The molecular weight excluding hydrogens is 275 g/mol. The van der Waals surface area contributed by atoms with E-state index in [9.17, 15) is 9.18 Å². The van der Waals surface area contributed by atoms with E-state index < -0.39 is 11.8 Å². The maximum atomic E-state index is 13.7. The Kier molecular flexibility index (Phi) is 4.79. The van der Waals surface area contributed by atoms with E-state index in [1.54, 1.807) is 17.8 Å². The second kappa shape index (κ2) is 6.57. The van der Waals surface area contributed by atoms with Crippen molar-refractivity contribution >= 4 is 17.7 Å². The first kappa shape index (κ1) is 14.6. The van der Waals surface area contributed by atoms with E-state index in [1.807, 2.05) is 25.1 Å². The smallest absolute Gasteiger partial charge is 0.335 e. The molecule has 4 heteroatoms. The van der Waals surface area contributed by atoms with E-state index >= 15 is 0 Å². The average molecular weight is 290 g/mol. The molecule has 0 spiro atoms. The molecule has 0 aliphatic carbocycles. The zero-order chi connectivity index (χ0) is 14.5. The summed E-state index contributed by atoms with van der Waals surface area (Å²) in [6.07, 6.45) is 0. The summed E-state index contributed by atoms with van der Waals surface area (Å²) in [5.74, 6) is -0.230. The van der Waals surface area contributed by atoms with Gasteiger partial charge in [-0.05, 0) is 30.2 Å². The third-order valence-corrected chi connectivity index (χ3v) is 3.96. The van der Waals surface area contributed by atoms with Gasteiger partial charge < -0.3 is 5.11 Å². The van der Waals surface area contributed by atoms with E-state index in [0.717, 1.165) is 11.8 Å². The van der Waals surface area contributed by atoms with Crippen LogP contribution in [-0.4, -0.2) is 11.1 Å². The average Bonchev–Trinajstić information content (AvgIpc) is 2.40. The quantitative estimate of drug-likeness (QED) is 0.893. The van der Waals surface area contributed by atoms with Crippen molar-refractivity contribution < 1.29 is 14.3 Å². The van der Waals surface area contributed by atoms with Crippen LogP contribution in [0.25, 0.3) is 0 Å². The number of thioether (sulfide) groups is 1. The van der Waals surface area contributed by atoms with Crippen LogP contribution in [-0.2, 0) is 11.5 Å². The topological polar surface area (TPSA) is 37.3 Å². The monoisotopic (exact) mass is 290 g/mol. The minimum absolute atomic E-state index is 0.0186. The third kappa shape index (κ3) is 3.84.